The highest BCUT2D eigenvalue weighted by atomic mass is 16.5. The second-order valence-corrected chi connectivity index (χ2v) is 5.29. The van der Waals surface area contributed by atoms with Gasteiger partial charge in [-0.05, 0) is 35.9 Å². The molecule has 0 fully saturated rings. The number of aromatic nitrogens is 1. The Morgan fingerprint density at radius 1 is 1.12 bits per heavy atom. The first-order chi connectivity index (χ1) is 11.6. The van der Waals surface area contributed by atoms with E-state index in [4.69, 9.17) is 13.9 Å². The van der Waals surface area contributed by atoms with Crippen LogP contribution in [0.25, 0.3) is 11.1 Å². The average molecular weight is 326 g/mol. The van der Waals surface area contributed by atoms with E-state index in [1.54, 1.807) is 39.3 Å². The molecule has 0 aliphatic rings. The molecule has 0 saturated heterocycles. The van der Waals surface area contributed by atoms with Crippen LogP contribution in [0.4, 0.5) is 0 Å². The lowest BCUT2D eigenvalue weighted by Gasteiger charge is -2.10. The summed E-state index contributed by atoms with van der Waals surface area (Å²) < 4.78 is 15.9. The second kappa shape index (κ2) is 6.62. The number of hydrogen-bond donors (Lipinski definition) is 1. The molecule has 6 nitrogen and oxygen atoms in total. The molecule has 6 heteroatoms. The van der Waals surface area contributed by atoms with Gasteiger partial charge in [-0.25, -0.2) is 4.98 Å². The predicted molar refractivity (Wildman–Crippen MR) is 89.5 cm³/mol. The normalized spacial score (nSPS) is 10.6. The molecule has 2 aromatic carbocycles. The topological polar surface area (TPSA) is 73.6 Å². The van der Waals surface area contributed by atoms with E-state index in [1.165, 1.54) is 0 Å². The summed E-state index contributed by atoms with van der Waals surface area (Å²) in [5.74, 6) is 1.68. The largest absolute Gasteiger partial charge is 0.493 e. The Morgan fingerprint density at radius 2 is 1.92 bits per heavy atom. The fourth-order valence-electron chi connectivity index (χ4n) is 2.46. The Bertz CT molecular complexity index is 886. The summed E-state index contributed by atoms with van der Waals surface area (Å²) in [6, 6.07) is 10.7. The second-order valence-electron chi connectivity index (χ2n) is 5.29. The van der Waals surface area contributed by atoms with Gasteiger partial charge in [0.1, 0.15) is 5.52 Å². The zero-order valence-corrected chi connectivity index (χ0v) is 13.8. The van der Waals surface area contributed by atoms with Crippen molar-refractivity contribution in [2.75, 3.05) is 14.2 Å². The average Bonchev–Trinajstić information content (AvgIpc) is 2.98. The molecule has 0 spiro atoms. The van der Waals surface area contributed by atoms with Gasteiger partial charge in [0.25, 0.3) is 5.91 Å². The van der Waals surface area contributed by atoms with Crippen LogP contribution in [0.15, 0.2) is 40.8 Å². The van der Waals surface area contributed by atoms with E-state index < -0.39 is 0 Å². The minimum Gasteiger partial charge on any atom is -0.493 e. The summed E-state index contributed by atoms with van der Waals surface area (Å²) in [6.07, 6.45) is 0. The lowest BCUT2D eigenvalue weighted by Crippen LogP contribution is -2.22. The summed E-state index contributed by atoms with van der Waals surface area (Å²) >= 11 is 0. The highest BCUT2D eigenvalue weighted by molar-refractivity contribution is 5.96. The smallest absolute Gasteiger partial charge is 0.251 e. The third kappa shape index (κ3) is 3.17. The number of methoxy groups -OCH3 is 2. The standard InChI is InChI=1S/C18H18N2O4/c1-11-20-14-6-5-13(9-16(14)24-11)18(21)19-10-12-4-7-15(22-2)17(8-12)23-3/h4-9H,10H2,1-3H3,(H,19,21). The first-order valence-corrected chi connectivity index (χ1v) is 7.47. The molecule has 0 saturated carbocycles. The summed E-state index contributed by atoms with van der Waals surface area (Å²) in [6.45, 7) is 2.16. The molecule has 0 unspecified atom stereocenters. The maximum atomic E-state index is 12.3. The van der Waals surface area contributed by atoms with E-state index in [-0.39, 0.29) is 5.91 Å². The number of benzene rings is 2. The molecule has 124 valence electrons. The summed E-state index contributed by atoms with van der Waals surface area (Å²) in [4.78, 5) is 16.5. The highest BCUT2D eigenvalue weighted by Crippen LogP contribution is 2.27. The number of rotatable bonds is 5. The van der Waals surface area contributed by atoms with Gasteiger partial charge >= 0.3 is 0 Å². The molecular formula is C18H18N2O4. The first-order valence-electron chi connectivity index (χ1n) is 7.47. The molecule has 1 heterocycles. The van der Waals surface area contributed by atoms with E-state index in [0.717, 1.165) is 11.1 Å². The molecule has 1 aromatic heterocycles. The molecule has 0 aliphatic heterocycles. The van der Waals surface area contributed by atoms with Gasteiger partial charge in [-0.2, -0.15) is 0 Å². The molecule has 0 radical (unpaired) electrons. The summed E-state index contributed by atoms with van der Waals surface area (Å²) in [5, 5.41) is 2.88. The minimum absolute atomic E-state index is 0.180. The van der Waals surface area contributed by atoms with Crippen molar-refractivity contribution in [3.8, 4) is 11.5 Å². The van der Waals surface area contributed by atoms with Crippen molar-refractivity contribution in [2.45, 2.75) is 13.5 Å². The third-order valence-electron chi connectivity index (χ3n) is 3.66. The maximum absolute atomic E-state index is 12.3. The molecule has 1 amide bonds. The van der Waals surface area contributed by atoms with Crippen LogP contribution in [0.3, 0.4) is 0 Å². The summed E-state index contributed by atoms with van der Waals surface area (Å²) in [5.41, 5.74) is 2.78. The molecule has 1 N–H and O–H groups in total. The third-order valence-corrected chi connectivity index (χ3v) is 3.66. The molecular weight excluding hydrogens is 308 g/mol. The predicted octanol–water partition coefficient (Wildman–Crippen LogP) is 3.08. The van der Waals surface area contributed by atoms with E-state index in [0.29, 0.717) is 35.1 Å². The SMILES string of the molecule is COc1ccc(CNC(=O)c2ccc3nc(C)oc3c2)cc1OC. The van der Waals surface area contributed by atoms with Crippen LogP contribution in [0, 0.1) is 6.92 Å². The lowest BCUT2D eigenvalue weighted by molar-refractivity contribution is 0.0951. The number of amides is 1. The number of hydrogen-bond acceptors (Lipinski definition) is 5. The molecule has 24 heavy (non-hydrogen) atoms. The van der Waals surface area contributed by atoms with Crippen LogP contribution >= 0.6 is 0 Å². The molecule has 0 atom stereocenters. The fraction of sp³-hybridized carbons (Fsp3) is 0.222. The minimum atomic E-state index is -0.180. The Kier molecular flexibility index (Phi) is 4.37. The van der Waals surface area contributed by atoms with Crippen LogP contribution in [0.2, 0.25) is 0 Å². The number of fused-ring (bicyclic) bond motifs is 1. The van der Waals surface area contributed by atoms with Crippen molar-refractivity contribution in [3.05, 3.63) is 53.4 Å². The monoisotopic (exact) mass is 326 g/mol. The molecule has 0 aliphatic carbocycles. The van der Waals surface area contributed by atoms with Crippen molar-refractivity contribution < 1.29 is 18.7 Å². The van der Waals surface area contributed by atoms with Crippen molar-refractivity contribution in [2.24, 2.45) is 0 Å². The van der Waals surface area contributed by atoms with Gasteiger partial charge in [0, 0.05) is 19.0 Å². The molecule has 3 aromatic rings. The first kappa shape index (κ1) is 15.9. The van der Waals surface area contributed by atoms with E-state index in [1.807, 2.05) is 18.2 Å². The number of aryl methyl sites for hydroxylation is 1. The fourth-order valence-corrected chi connectivity index (χ4v) is 2.46. The zero-order chi connectivity index (χ0) is 17.1. The van der Waals surface area contributed by atoms with Crippen molar-refractivity contribution in [1.82, 2.24) is 10.3 Å². The Labute approximate surface area is 139 Å². The number of oxazole rings is 1. The Morgan fingerprint density at radius 3 is 2.67 bits per heavy atom. The zero-order valence-electron chi connectivity index (χ0n) is 13.8. The van der Waals surface area contributed by atoms with Gasteiger partial charge in [-0.1, -0.05) is 6.07 Å². The Hall–Kier alpha value is -3.02. The van der Waals surface area contributed by atoms with Gasteiger partial charge in [0.05, 0.1) is 14.2 Å². The van der Waals surface area contributed by atoms with Crippen LogP contribution in [-0.2, 0) is 6.54 Å². The number of nitrogens with one attached hydrogen (secondary N) is 1. The van der Waals surface area contributed by atoms with Gasteiger partial charge in [0.15, 0.2) is 23.0 Å². The maximum Gasteiger partial charge on any atom is 0.251 e. The highest BCUT2D eigenvalue weighted by Gasteiger charge is 2.10. The van der Waals surface area contributed by atoms with Crippen molar-refractivity contribution >= 4 is 17.0 Å². The molecule has 3 rings (SSSR count). The van der Waals surface area contributed by atoms with Crippen LogP contribution in [0.1, 0.15) is 21.8 Å². The number of ether oxygens (including phenoxy) is 2. The van der Waals surface area contributed by atoms with Gasteiger partial charge in [-0.15, -0.1) is 0 Å². The molecule has 0 bridgehead atoms. The van der Waals surface area contributed by atoms with E-state index >= 15 is 0 Å². The van der Waals surface area contributed by atoms with E-state index in [9.17, 15) is 4.79 Å². The van der Waals surface area contributed by atoms with Crippen molar-refractivity contribution in [1.29, 1.82) is 0 Å². The Balaban J connectivity index is 1.72. The number of carbonyl (C=O) groups is 1. The van der Waals surface area contributed by atoms with E-state index in [2.05, 4.69) is 10.3 Å². The van der Waals surface area contributed by atoms with Gasteiger partial charge < -0.3 is 19.2 Å². The number of nitrogens with zero attached hydrogens (tertiary/aromatic N) is 1. The lowest BCUT2D eigenvalue weighted by atomic mass is 10.1. The van der Waals surface area contributed by atoms with Crippen LogP contribution < -0.4 is 14.8 Å². The van der Waals surface area contributed by atoms with Crippen LogP contribution in [-0.4, -0.2) is 25.1 Å². The summed E-state index contributed by atoms with van der Waals surface area (Å²) in [7, 11) is 3.16. The van der Waals surface area contributed by atoms with Crippen molar-refractivity contribution in [3.63, 3.8) is 0 Å². The quantitative estimate of drug-likeness (QED) is 0.780. The van der Waals surface area contributed by atoms with Crippen LogP contribution in [0.5, 0.6) is 11.5 Å². The van der Waals surface area contributed by atoms with Gasteiger partial charge in [0.2, 0.25) is 0 Å². The number of carbonyl (C=O) groups excluding carboxylic acids is 1. The van der Waals surface area contributed by atoms with Gasteiger partial charge in [-0.3, -0.25) is 4.79 Å².